The Bertz CT molecular complexity index is 704. The molecule has 0 heterocycles. The zero-order valence-electron chi connectivity index (χ0n) is 11.0. The van der Waals surface area contributed by atoms with Crippen LogP contribution >= 0.6 is 0 Å². The van der Waals surface area contributed by atoms with Crippen LogP contribution in [-0.2, 0) is 6.61 Å². The quantitative estimate of drug-likeness (QED) is 0.882. The number of benzene rings is 2. The Morgan fingerprint density at radius 1 is 1.00 bits per heavy atom. The Kier molecular flexibility index (Phi) is 4.85. The third-order valence-corrected chi connectivity index (χ3v) is 2.59. The lowest BCUT2D eigenvalue weighted by Crippen LogP contribution is -1.98. The average Bonchev–Trinajstić information content (AvgIpc) is 2.46. The summed E-state index contributed by atoms with van der Waals surface area (Å²) in [4.78, 5) is 0. The largest absolute Gasteiger partial charge is 0.489 e. The Morgan fingerprint density at radius 3 is 2.52 bits per heavy atom. The van der Waals surface area contributed by atoms with Gasteiger partial charge in [-0.15, -0.1) is 0 Å². The molecule has 0 saturated heterocycles. The van der Waals surface area contributed by atoms with Crippen LogP contribution in [0.15, 0.2) is 36.4 Å². The van der Waals surface area contributed by atoms with Crippen LogP contribution in [0.4, 0.5) is 13.2 Å². The molecule has 0 amide bonds. The van der Waals surface area contributed by atoms with Gasteiger partial charge in [-0.05, 0) is 35.9 Å². The Morgan fingerprint density at radius 2 is 1.81 bits per heavy atom. The van der Waals surface area contributed by atoms with E-state index < -0.39 is 17.5 Å². The summed E-state index contributed by atoms with van der Waals surface area (Å²) in [5.74, 6) is 3.10. The summed E-state index contributed by atoms with van der Waals surface area (Å²) in [6.45, 7) is 0.192. The molecule has 0 aliphatic rings. The Hall–Kier alpha value is -2.45. The van der Waals surface area contributed by atoms with Crippen molar-refractivity contribution in [2.45, 2.75) is 6.61 Å². The van der Waals surface area contributed by atoms with Crippen LogP contribution in [0, 0.1) is 29.3 Å². The fourth-order valence-corrected chi connectivity index (χ4v) is 1.69. The van der Waals surface area contributed by atoms with Gasteiger partial charge in [0.15, 0.2) is 11.6 Å². The fraction of sp³-hybridized carbons (Fsp3) is 0.125. The van der Waals surface area contributed by atoms with E-state index in [1.54, 1.807) is 6.07 Å². The van der Waals surface area contributed by atoms with Gasteiger partial charge in [-0.25, -0.2) is 13.2 Å². The molecule has 5 heteroatoms. The normalized spacial score (nSPS) is 9.90. The van der Waals surface area contributed by atoms with Gasteiger partial charge in [-0.3, -0.25) is 0 Å². The third-order valence-electron chi connectivity index (χ3n) is 2.59. The van der Waals surface area contributed by atoms with Crippen molar-refractivity contribution in [2.75, 3.05) is 6.54 Å². The van der Waals surface area contributed by atoms with Gasteiger partial charge in [0.1, 0.15) is 18.2 Å². The summed E-state index contributed by atoms with van der Waals surface area (Å²) in [5, 5.41) is 0. The summed E-state index contributed by atoms with van der Waals surface area (Å²) >= 11 is 0. The molecule has 108 valence electrons. The highest BCUT2D eigenvalue weighted by Crippen LogP contribution is 2.17. The Balaban J connectivity index is 2.12. The van der Waals surface area contributed by atoms with Gasteiger partial charge < -0.3 is 10.5 Å². The number of nitrogens with two attached hydrogens (primary N) is 1. The third kappa shape index (κ3) is 4.26. The molecule has 2 nitrogen and oxygen atoms in total. The summed E-state index contributed by atoms with van der Waals surface area (Å²) in [6.07, 6.45) is 0. The number of rotatable bonds is 3. The second kappa shape index (κ2) is 6.82. The van der Waals surface area contributed by atoms with E-state index in [1.165, 1.54) is 18.2 Å². The highest BCUT2D eigenvalue weighted by Gasteiger charge is 2.05. The molecule has 0 radical (unpaired) electrons. The van der Waals surface area contributed by atoms with Crippen molar-refractivity contribution in [3.05, 3.63) is 65.0 Å². The predicted molar refractivity (Wildman–Crippen MR) is 73.0 cm³/mol. The lowest BCUT2D eigenvalue weighted by molar-refractivity contribution is 0.302. The molecule has 0 aliphatic carbocycles. The Labute approximate surface area is 120 Å². The first-order valence-electron chi connectivity index (χ1n) is 6.15. The maximum Gasteiger partial charge on any atom is 0.162 e. The minimum atomic E-state index is -0.999. The lowest BCUT2D eigenvalue weighted by atomic mass is 10.1. The molecule has 0 bridgehead atoms. The minimum absolute atomic E-state index is 0.0140. The van der Waals surface area contributed by atoms with Crippen molar-refractivity contribution < 1.29 is 17.9 Å². The van der Waals surface area contributed by atoms with Crippen molar-refractivity contribution >= 4 is 0 Å². The van der Waals surface area contributed by atoms with Crippen LogP contribution in [0.2, 0.25) is 0 Å². The van der Waals surface area contributed by atoms with E-state index >= 15 is 0 Å². The van der Waals surface area contributed by atoms with Crippen LogP contribution < -0.4 is 10.5 Å². The van der Waals surface area contributed by atoms with Crippen molar-refractivity contribution in [1.82, 2.24) is 0 Å². The van der Waals surface area contributed by atoms with Gasteiger partial charge in [0, 0.05) is 11.6 Å². The van der Waals surface area contributed by atoms with E-state index in [1.807, 2.05) is 0 Å². The molecule has 2 aromatic carbocycles. The van der Waals surface area contributed by atoms with Crippen molar-refractivity contribution in [3.63, 3.8) is 0 Å². The molecule has 0 unspecified atom stereocenters. The summed E-state index contributed by atoms with van der Waals surface area (Å²) in [6, 6.07) is 7.41. The standard InChI is InChI=1S/C16H12F3NO/c17-13-7-11(2-1-5-20)6-12(8-13)10-21-14-3-4-15(18)16(19)9-14/h3-4,6-9H,5,10,20H2. The van der Waals surface area contributed by atoms with Gasteiger partial charge >= 0.3 is 0 Å². The van der Waals surface area contributed by atoms with Crippen LogP contribution in [0.25, 0.3) is 0 Å². The molecule has 0 fully saturated rings. The van der Waals surface area contributed by atoms with Gasteiger partial charge in [0.25, 0.3) is 0 Å². The molecule has 2 N–H and O–H groups in total. The molecule has 0 aromatic heterocycles. The zero-order chi connectivity index (χ0) is 15.2. The van der Waals surface area contributed by atoms with Crippen LogP contribution in [0.1, 0.15) is 11.1 Å². The minimum Gasteiger partial charge on any atom is -0.489 e. The van der Waals surface area contributed by atoms with Gasteiger partial charge in [-0.2, -0.15) is 0 Å². The van der Waals surface area contributed by atoms with E-state index in [9.17, 15) is 13.2 Å². The highest BCUT2D eigenvalue weighted by molar-refractivity contribution is 5.38. The topological polar surface area (TPSA) is 35.2 Å². The number of hydrogen-bond acceptors (Lipinski definition) is 2. The SMILES string of the molecule is NCC#Cc1cc(F)cc(COc2ccc(F)c(F)c2)c1. The second-order valence-electron chi connectivity index (χ2n) is 4.22. The molecule has 2 aromatic rings. The van der Waals surface area contributed by atoms with E-state index in [2.05, 4.69) is 11.8 Å². The van der Waals surface area contributed by atoms with Crippen molar-refractivity contribution in [2.24, 2.45) is 5.73 Å². The maximum atomic E-state index is 13.4. The first-order valence-corrected chi connectivity index (χ1v) is 6.15. The van der Waals surface area contributed by atoms with Gasteiger partial charge in [0.05, 0.1) is 6.54 Å². The van der Waals surface area contributed by atoms with Crippen molar-refractivity contribution in [3.8, 4) is 17.6 Å². The number of hydrogen-bond donors (Lipinski definition) is 1. The molecule has 0 aliphatic heterocycles. The zero-order valence-corrected chi connectivity index (χ0v) is 11.0. The maximum absolute atomic E-state index is 13.4. The van der Waals surface area contributed by atoms with Crippen LogP contribution in [0.5, 0.6) is 5.75 Å². The average molecular weight is 291 g/mol. The van der Waals surface area contributed by atoms with E-state index in [-0.39, 0.29) is 18.9 Å². The molecule has 0 spiro atoms. The van der Waals surface area contributed by atoms with E-state index in [4.69, 9.17) is 10.5 Å². The van der Waals surface area contributed by atoms with Gasteiger partial charge in [0.2, 0.25) is 0 Å². The molecular weight excluding hydrogens is 279 g/mol. The van der Waals surface area contributed by atoms with Crippen molar-refractivity contribution in [1.29, 1.82) is 0 Å². The fourth-order valence-electron chi connectivity index (χ4n) is 1.69. The first-order chi connectivity index (χ1) is 10.1. The van der Waals surface area contributed by atoms with E-state index in [0.717, 1.165) is 12.1 Å². The molecule has 21 heavy (non-hydrogen) atoms. The van der Waals surface area contributed by atoms with E-state index in [0.29, 0.717) is 11.1 Å². The lowest BCUT2D eigenvalue weighted by Gasteiger charge is -2.07. The second-order valence-corrected chi connectivity index (χ2v) is 4.22. The smallest absolute Gasteiger partial charge is 0.162 e. The molecule has 0 saturated carbocycles. The molecule has 2 rings (SSSR count). The van der Waals surface area contributed by atoms with Crippen LogP contribution in [0.3, 0.4) is 0 Å². The summed E-state index contributed by atoms with van der Waals surface area (Å²) < 4.78 is 44.5. The number of ether oxygens (including phenoxy) is 1. The summed E-state index contributed by atoms with van der Waals surface area (Å²) in [7, 11) is 0. The number of halogens is 3. The molecule has 0 atom stereocenters. The van der Waals surface area contributed by atoms with Gasteiger partial charge in [-0.1, -0.05) is 11.8 Å². The summed E-state index contributed by atoms with van der Waals surface area (Å²) in [5.41, 5.74) is 6.26. The highest BCUT2D eigenvalue weighted by atomic mass is 19.2. The van der Waals surface area contributed by atoms with Crippen LogP contribution in [-0.4, -0.2) is 6.54 Å². The predicted octanol–water partition coefficient (Wildman–Crippen LogP) is 2.99. The first kappa shape index (κ1) is 14.9. The monoisotopic (exact) mass is 291 g/mol. The molecular formula is C16H12F3NO.